The first-order chi connectivity index (χ1) is 18.4. The Morgan fingerprint density at radius 1 is 1.18 bits per heavy atom. The normalized spacial score (nSPS) is 19.2. The van der Waals surface area contributed by atoms with Gasteiger partial charge in [-0.25, -0.2) is 0 Å². The molecular weight excluding hydrogens is 521 g/mol. The minimum Gasteiger partial charge on any atom is -0.496 e. The molecule has 216 valence electrons. The van der Waals surface area contributed by atoms with Gasteiger partial charge in [-0.05, 0) is 49.9 Å². The topological polar surface area (TPSA) is 142 Å². The van der Waals surface area contributed by atoms with Crippen LogP contribution < -0.4 is 20.7 Å². The molecule has 2 aromatic rings. The second-order valence-electron chi connectivity index (χ2n) is 10.1. The molecule has 1 unspecified atom stereocenters. The number of H-pyrrole nitrogens is 1. The molecule has 0 aliphatic carbocycles. The molecule has 1 aliphatic rings. The number of hydrogen-bond acceptors (Lipinski definition) is 7. The molecule has 10 nitrogen and oxygen atoms in total. The number of fused-ring (bicyclic) bond motifs is 1. The lowest BCUT2D eigenvalue weighted by atomic mass is 9.94. The Balaban J connectivity index is 1.75. The highest BCUT2D eigenvalue weighted by molar-refractivity contribution is 6.02. The van der Waals surface area contributed by atoms with E-state index in [4.69, 9.17) is 4.74 Å². The van der Waals surface area contributed by atoms with Crippen molar-refractivity contribution in [2.75, 3.05) is 26.9 Å². The molecule has 0 bridgehead atoms. The van der Waals surface area contributed by atoms with Gasteiger partial charge in [0, 0.05) is 16.8 Å². The third-order valence-corrected chi connectivity index (χ3v) is 6.49. The predicted octanol–water partition coefficient (Wildman–Crippen LogP) is 2.27. The number of halogens is 3. The molecule has 2 amide bonds. The number of carbonyl (C=O) groups is 3. The highest BCUT2D eigenvalue weighted by atomic mass is 19.4. The van der Waals surface area contributed by atoms with Crippen molar-refractivity contribution in [3.05, 3.63) is 30.0 Å². The molecular formula is C26H35F3N4O6. The number of carbonyl (C=O) groups excluding carboxylic acids is 3. The third kappa shape index (κ3) is 8.67. The van der Waals surface area contributed by atoms with E-state index < -0.39 is 61.2 Å². The first-order valence-electron chi connectivity index (χ1n) is 12.7. The number of aliphatic hydroxyl groups is 1. The number of rotatable bonds is 13. The Morgan fingerprint density at radius 3 is 2.54 bits per heavy atom. The van der Waals surface area contributed by atoms with Crippen LogP contribution in [0.2, 0.25) is 0 Å². The summed E-state index contributed by atoms with van der Waals surface area (Å²) in [4.78, 5) is 42.2. The van der Waals surface area contributed by atoms with Crippen LogP contribution in [0.25, 0.3) is 10.9 Å². The van der Waals surface area contributed by atoms with Gasteiger partial charge in [0.25, 0.3) is 5.91 Å². The molecule has 2 heterocycles. The van der Waals surface area contributed by atoms with Crippen LogP contribution in [0.3, 0.4) is 0 Å². The van der Waals surface area contributed by atoms with Gasteiger partial charge in [-0.1, -0.05) is 19.9 Å². The van der Waals surface area contributed by atoms with Crippen molar-refractivity contribution in [1.29, 1.82) is 0 Å². The van der Waals surface area contributed by atoms with Crippen molar-refractivity contribution >= 4 is 28.5 Å². The molecule has 4 atom stereocenters. The number of Topliss-reactive ketones (excluding diaryl/α,β-unsaturated/α-hetero) is 1. The fourth-order valence-electron chi connectivity index (χ4n) is 4.57. The first-order valence-corrected chi connectivity index (χ1v) is 12.7. The summed E-state index contributed by atoms with van der Waals surface area (Å²) in [5, 5.41) is 18.9. The van der Waals surface area contributed by atoms with Crippen molar-refractivity contribution < 1.29 is 42.1 Å². The molecule has 0 saturated carbocycles. The van der Waals surface area contributed by atoms with E-state index in [1.54, 1.807) is 24.3 Å². The number of ketones is 1. The van der Waals surface area contributed by atoms with Gasteiger partial charge in [-0.2, -0.15) is 13.2 Å². The van der Waals surface area contributed by atoms with Gasteiger partial charge in [-0.3, -0.25) is 19.7 Å². The lowest BCUT2D eigenvalue weighted by molar-refractivity contribution is -0.175. The van der Waals surface area contributed by atoms with Crippen molar-refractivity contribution in [2.45, 2.75) is 57.6 Å². The Labute approximate surface area is 224 Å². The molecule has 1 aliphatic heterocycles. The van der Waals surface area contributed by atoms with Crippen LogP contribution in [0.15, 0.2) is 24.3 Å². The predicted molar refractivity (Wildman–Crippen MR) is 136 cm³/mol. The van der Waals surface area contributed by atoms with E-state index in [1.807, 2.05) is 13.8 Å². The zero-order valence-corrected chi connectivity index (χ0v) is 22.1. The van der Waals surface area contributed by atoms with E-state index in [-0.39, 0.29) is 24.5 Å². The lowest BCUT2D eigenvalue weighted by Gasteiger charge is -2.26. The lowest BCUT2D eigenvalue weighted by Crippen LogP contribution is -2.53. The van der Waals surface area contributed by atoms with E-state index in [0.717, 1.165) is 0 Å². The Bertz CT molecular complexity index is 1150. The Kier molecular flexibility index (Phi) is 10.3. The van der Waals surface area contributed by atoms with E-state index in [9.17, 15) is 32.7 Å². The molecule has 39 heavy (non-hydrogen) atoms. The van der Waals surface area contributed by atoms with Crippen molar-refractivity contribution in [2.24, 2.45) is 11.8 Å². The summed E-state index contributed by atoms with van der Waals surface area (Å²) in [6.45, 7) is 1.74. The van der Waals surface area contributed by atoms with Gasteiger partial charge in [0.05, 0.1) is 13.2 Å². The number of ether oxygens (including phenoxy) is 2. The minimum absolute atomic E-state index is 0.00171. The summed E-state index contributed by atoms with van der Waals surface area (Å²) in [7, 11) is 1.51. The van der Waals surface area contributed by atoms with Gasteiger partial charge < -0.3 is 30.2 Å². The largest absolute Gasteiger partial charge is 0.496 e. The smallest absolute Gasteiger partial charge is 0.411 e. The summed E-state index contributed by atoms with van der Waals surface area (Å²) in [5.41, 5.74) is 0.863. The van der Waals surface area contributed by atoms with Crippen LogP contribution >= 0.6 is 0 Å². The minimum atomic E-state index is -4.61. The van der Waals surface area contributed by atoms with Crippen molar-refractivity contribution in [3.63, 3.8) is 0 Å². The van der Waals surface area contributed by atoms with Gasteiger partial charge in [0.1, 0.15) is 36.9 Å². The second-order valence-corrected chi connectivity index (χ2v) is 10.1. The van der Waals surface area contributed by atoms with E-state index >= 15 is 0 Å². The number of aliphatic hydroxyl groups excluding tert-OH is 1. The fraction of sp³-hybridized carbons (Fsp3) is 0.577. The van der Waals surface area contributed by atoms with Crippen molar-refractivity contribution in [1.82, 2.24) is 20.9 Å². The summed E-state index contributed by atoms with van der Waals surface area (Å²) in [5.74, 6) is -1.84. The van der Waals surface area contributed by atoms with Crippen LogP contribution in [0.4, 0.5) is 13.2 Å². The van der Waals surface area contributed by atoms with Gasteiger partial charge in [0.2, 0.25) is 5.91 Å². The molecule has 1 saturated heterocycles. The number of amides is 2. The quantitative estimate of drug-likeness (QED) is 0.255. The van der Waals surface area contributed by atoms with Gasteiger partial charge in [-0.15, -0.1) is 0 Å². The zero-order valence-electron chi connectivity index (χ0n) is 22.1. The summed E-state index contributed by atoms with van der Waals surface area (Å²) in [6.07, 6.45) is -4.78. The standard InChI is InChI=1S/C26H35F3N4O6/c1-14(2)9-19(33-25(37)20-11-16-17(31-20)5-4-6-22(16)38-3)24(36)32-18(10-15-7-8-30-23(15)35)21(34)12-39-13-26(27,28)29/h4-6,11,14-15,18-19,23,30-31,35H,7-10,12-13H2,1-3H3,(H,32,36)(H,33,37)/t15-,18-,19-,23?/m0/s1. The molecule has 3 rings (SSSR count). The van der Waals surface area contributed by atoms with E-state index in [1.165, 1.54) is 7.11 Å². The number of alkyl halides is 3. The summed E-state index contributed by atoms with van der Waals surface area (Å²) >= 11 is 0. The molecule has 0 radical (unpaired) electrons. The highest BCUT2D eigenvalue weighted by Gasteiger charge is 2.34. The number of nitrogens with one attached hydrogen (secondary N) is 4. The fourth-order valence-corrected chi connectivity index (χ4v) is 4.57. The SMILES string of the molecule is COc1cccc2[nH]c(C(=O)N[C@@H](CC(C)C)C(=O)N[C@@H](C[C@@H]3CCNC3O)C(=O)COCC(F)(F)F)cc12. The maximum Gasteiger partial charge on any atom is 0.411 e. The molecule has 0 spiro atoms. The number of hydrogen-bond donors (Lipinski definition) is 5. The summed E-state index contributed by atoms with van der Waals surface area (Å²) in [6, 6.07) is 4.64. The monoisotopic (exact) mass is 556 g/mol. The maximum atomic E-state index is 13.3. The van der Waals surface area contributed by atoms with Crippen LogP contribution in [-0.2, 0) is 14.3 Å². The van der Waals surface area contributed by atoms with Crippen LogP contribution in [0.1, 0.15) is 43.6 Å². The zero-order chi connectivity index (χ0) is 28.7. The molecule has 13 heteroatoms. The Hall–Kier alpha value is -3.16. The number of benzene rings is 1. The third-order valence-electron chi connectivity index (χ3n) is 6.49. The molecule has 1 aromatic carbocycles. The van der Waals surface area contributed by atoms with E-state index in [0.29, 0.717) is 29.6 Å². The van der Waals surface area contributed by atoms with Gasteiger partial charge in [0.15, 0.2) is 5.78 Å². The molecule has 1 aromatic heterocycles. The number of aromatic amines is 1. The maximum absolute atomic E-state index is 13.3. The first kappa shape index (κ1) is 30.4. The van der Waals surface area contributed by atoms with Crippen LogP contribution in [0, 0.1) is 11.8 Å². The molecule has 5 N–H and O–H groups in total. The average molecular weight is 557 g/mol. The Morgan fingerprint density at radius 2 is 1.92 bits per heavy atom. The number of methoxy groups -OCH3 is 1. The van der Waals surface area contributed by atoms with Crippen LogP contribution in [-0.4, -0.2) is 79.0 Å². The number of aromatic nitrogens is 1. The van der Waals surface area contributed by atoms with Crippen molar-refractivity contribution in [3.8, 4) is 5.75 Å². The summed E-state index contributed by atoms with van der Waals surface area (Å²) < 4.78 is 47.3. The van der Waals surface area contributed by atoms with E-state index in [2.05, 4.69) is 25.7 Å². The molecule has 1 fully saturated rings. The highest BCUT2D eigenvalue weighted by Crippen LogP contribution is 2.26. The van der Waals surface area contributed by atoms with Gasteiger partial charge >= 0.3 is 6.18 Å². The average Bonchev–Trinajstić information content (AvgIpc) is 3.47. The van der Waals surface area contributed by atoms with Crippen LogP contribution in [0.5, 0.6) is 5.75 Å². The second kappa shape index (κ2) is 13.3.